The van der Waals surface area contributed by atoms with Gasteiger partial charge in [-0.05, 0) is 24.3 Å². The third kappa shape index (κ3) is 3.34. The predicted molar refractivity (Wildman–Crippen MR) is 129 cm³/mol. The van der Waals surface area contributed by atoms with Crippen molar-refractivity contribution in [1.82, 2.24) is 19.7 Å². The van der Waals surface area contributed by atoms with E-state index in [1.165, 1.54) is 11.3 Å². The van der Waals surface area contributed by atoms with Gasteiger partial charge >= 0.3 is 0 Å². The number of carbonyl (C=O) groups excluding carboxylic acids is 1. The first-order chi connectivity index (χ1) is 16.0. The summed E-state index contributed by atoms with van der Waals surface area (Å²) in [5, 5.41) is 7.86. The van der Waals surface area contributed by atoms with Crippen LogP contribution in [0.3, 0.4) is 0 Å². The Morgan fingerprint density at radius 3 is 2.67 bits per heavy atom. The second-order valence-electron chi connectivity index (χ2n) is 8.46. The standard InChI is InChI=1S/C25H21ClN4O2S/c1-29-22-18-4-2-3-5-21(18)32-25(19(22)14-27-29)10-12-30(13-11-25)24(31)20-15-33-23(28-20)16-6-8-17(26)9-7-16/h2-9,14-15H,10-13H2,1H3. The van der Waals surface area contributed by atoms with Gasteiger partial charge in [-0.2, -0.15) is 5.10 Å². The number of hydrogen-bond donors (Lipinski definition) is 0. The van der Waals surface area contributed by atoms with E-state index >= 15 is 0 Å². The molecule has 6 nitrogen and oxygen atoms in total. The third-order valence-corrected chi connectivity index (χ3v) is 7.69. The van der Waals surface area contributed by atoms with Crippen molar-refractivity contribution >= 4 is 28.8 Å². The summed E-state index contributed by atoms with van der Waals surface area (Å²) in [5.41, 5.74) is 4.25. The Bertz CT molecular complexity index is 1350. The zero-order valence-corrected chi connectivity index (χ0v) is 19.6. The Balaban J connectivity index is 1.23. The summed E-state index contributed by atoms with van der Waals surface area (Å²) in [4.78, 5) is 19.7. The molecule has 4 heterocycles. The van der Waals surface area contributed by atoms with Crippen molar-refractivity contribution in [2.24, 2.45) is 7.05 Å². The van der Waals surface area contributed by atoms with Gasteiger partial charge in [0.15, 0.2) is 0 Å². The molecule has 8 heteroatoms. The van der Waals surface area contributed by atoms with Gasteiger partial charge < -0.3 is 9.64 Å². The molecule has 33 heavy (non-hydrogen) atoms. The highest BCUT2D eigenvalue weighted by Gasteiger charge is 2.46. The molecule has 6 rings (SSSR count). The number of aromatic nitrogens is 3. The number of aryl methyl sites for hydroxylation is 1. The average molecular weight is 477 g/mol. The molecule has 2 aliphatic heterocycles. The summed E-state index contributed by atoms with van der Waals surface area (Å²) in [6.45, 7) is 1.20. The third-order valence-electron chi connectivity index (χ3n) is 6.55. The second-order valence-corrected chi connectivity index (χ2v) is 9.75. The van der Waals surface area contributed by atoms with Gasteiger partial charge in [-0.15, -0.1) is 11.3 Å². The molecule has 2 aromatic heterocycles. The smallest absolute Gasteiger partial charge is 0.273 e. The van der Waals surface area contributed by atoms with Crippen LogP contribution in [-0.2, 0) is 12.6 Å². The predicted octanol–water partition coefficient (Wildman–Crippen LogP) is 5.39. The van der Waals surface area contributed by atoms with Crippen LogP contribution in [0, 0.1) is 0 Å². The molecule has 1 fully saturated rings. The molecule has 0 atom stereocenters. The van der Waals surface area contributed by atoms with E-state index in [-0.39, 0.29) is 5.91 Å². The van der Waals surface area contributed by atoms with Crippen molar-refractivity contribution in [1.29, 1.82) is 0 Å². The molecule has 0 saturated carbocycles. The summed E-state index contributed by atoms with van der Waals surface area (Å²) in [7, 11) is 1.97. The van der Waals surface area contributed by atoms with Gasteiger partial charge in [0.2, 0.25) is 0 Å². The zero-order valence-electron chi connectivity index (χ0n) is 18.0. The minimum absolute atomic E-state index is 0.0380. The van der Waals surface area contributed by atoms with Crippen molar-refractivity contribution in [2.75, 3.05) is 13.1 Å². The molecule has 4 aromatic rings. The van der Waals surface area contributed by atoms with E-state index in [1.54, 1.807) is 0 Å². The largest absolute Gasteiger partial charge is 0.482 e. The van der Waals surface area contributed by atoms with Gasteiger partial charge in [0.05, 0.1) is 11.9 Å². The van der Waals surface area contributed by atoms with Gasteiger partial charge in [-0.25, -0.2) is 4.98 Å². The fourth-order valence-corrected chi connectivity index (χ4v) is 5.73. The number of thiazole rings is 1. The van der Waals surface area contributed by atoms with E-state index in [4.69, 9.17) is 16.3 Å². The van der Waals surface area contributed by atoms with E-state index in [1.807, 2.05) is 70.7 Å². The number of halogens is 1. The normalized spacial score (nSPS) is 16.2. The molecule has 1 amide bonds. The van der Waals surface area contributed by atoms with E-state index < -0.39 is 5.60 Å². The lowest BCUT2D eigenvalue weighted by Gasteiger charge is -2.44. The summed E-state index contributed by atoms with van der Waals surface area (Å²) in [6, 6.07) is 15.6. The van der Waals surface area contributed by atoms with Gasteiger partial charge in [0, 0.05) is 60.1 Å². The maximum atomic E-state index is 13.2. The molecular formula is C25H21ClN4O2S. The number of fused-ring (bicyclic) bond motifs is 4. The Kier molecular flexibility index (Phi) is 4.78. The van der Waals surface area contributed by atoms with Crippen molar-refractivity contribution in [3.05, 3.63) is 76.4 Å². The Morgan fingerprint density at radius 2 is 1.88 bits per heavy atom. The molecule has 0 radical (unpaired) electrons. The number of benzene rings is 2. The van der Waals surface area contributed by atoms with E-state index in [0.717, 1.165) is 33.1 Å². The number of piperidine rings is 1. The molecule has 0 N–H and O–H groups in total. The first-order valence-corrected chi connectivity index (χ1v) is 12.1. The first-order valence-electron chi connectivity index (χ1n) is 10.9. The first kappa shape index (κ1) is 20.4. The number of likely N-dealkylation sites (tertiary alicyclic amines) is 1. The SMILES string of the molecule is Cn1ncc2c1-c1ccccc1OC21CCN(C(=O)c2csc(-c3ccc(Cl)cc3)n2)CC1. The Labute approximate surface area is 200 Å². The molecule has 1 spiro atoms. The van der Waals surface area contributed by atoms with Crippen LogP contribution in [-0.4, -0.2) is 38.7 Å². The van der Waals surface area contributed by atoms with Crippen molar-refractivity contribution in [3.63, 3.8) is 0 Å². The highest BCUT2D eigenvalue weighted by atomic mass is 35.5. The van der Waals surface area contributed by atoms with Crippen LogP contribution in [0.25, 0.3) is 21.8 Å². The van der Waals surface area contributed by atoms with Gasteiger partial charge in [0.25, 0.3) is 5.91 Å². The Morgan fingerprint density at radius 1 is 1.12 bits per heavy atom. The molecule has 166 valence electrons. The summed E-state index contributed by atoms with van der Waals surface area (Å²) < 4.78 is 8.51. The Hall–Kier alpha value is -3.16. The van der Waals surface area contributed by atoms with Gasteiger partial charge in [0.1, 0.15) is 22.1 Å². The lowest BCUT2D eigenvalue weighted by Crippen LogP contribution is -2.49. The number of ether oxygens (including phenoxy) is 1. The maximum Gasteiger partial charge on any atom is 0.273 e. The molecule has 1 saturated heterocycles. The number of hydrogen-bond acceptors (Lipinski definition) is 5. The highest BCUT2D eigenvalue weighted by molar-refractivity contribution is 7.13. The van der Waals surface area contributed by atoms with Crippen LogP contribution in [0.4, 0.5) is 0 Å². The van der Waals surface area contributed by atoms with Crippen molar-refractivity contribution in [3.8, 4) is 27.6 Å². The van der Waals surface area contributed by atoms with E-state index in [2.05, 4.69) is 16.1 Å². The molecule has 0 unspecified atom stereocenters. The lowest BCUT2D eigenvalue weighted by atomic mass is 9.81. The monoisotopic (exact) mass is 476 g/mol. The van der Waals surface area contributed by atoms with E-state index in [0.29, 0.717) is 36.6 Å². The molecule has 2 aromatic carbocycles. The van der Waals surface area contributed by atoms with Crippen LogP contribution < -0.4 is 4.74 Å². The minimum atomic E-state index is -0.467. The second kappa shape index (κ2) is 7.71. The van der Waals surface area contributed by atoms with Crippen LogP contribution in [0.1, 0.15) is 28.9 Å². The summed E-state index contributed by atoms with van der Waals surface area (Å²) >= 11 is 7.46. The number of nitrogens with zero attached hydrogens (tertiary/aromatic N) is 4. The summed E-state index contributed by atoms with van der Waals surface area (Å²) in [6.07, 6.45) is 3.33. The van der Waals surface area contributed by atoms with E-state index in [9.17, 15) is 4.79 Å². The number of amides is 1. The maximum absolute atomic E-state index is 13.2. The van der Waals surface area contributed by atoms with Crippen LogP contribution >= 0.6 is 22.9 Å². The van der Waals surface area contributed by atoms with Crippen LogP contribution in [0.15, 0.2) is 60.1 Å². The average Bonchev–Trinajstić information content (AvgIpc) is 3.48. The zero-order chi connectivity index (χ0) is 22.6. The topological polar surface area (TPSA) is 60.2 Å². The number of carbonyl (C=O) groups is 1. The quantitative estimate of drug-likeness (QED) is 0.389. The molecular weight excluding hydrogens is 456 g/mol. The van der Waals surface area contributed by atoms with Gasteiger partial charge in [-0.1, -0.05) is 35.9 Å². The van der Waals surface area contributed by atoms with Crippen molar-refractivity contribution in [2.45, 2.75) is 18.4 Å². The van der Waals surface area contributed by atoms with Crippen molar-refractivity contribution < 1.29 is 9.53 Å². The minimum Gasteiger partial charge on any atom is -0.482 e. The fraction of sp³-hybridized carbons (Fsp3) is 0.240. The molecule has 0 aliphatic carbocycles. The van der Waals surface area contributed by atoms with Crippen LogP contribution in [0.5, 0.6) is 5.75 Å². The highest BCUT2D eigenvalue weighted by Crippen LogP contribution is 2.49. The summed E-state index contributed by atoms with van der Waals surface area (Å²) in [5.74, 6) is 0.837. The van der Waals surface area contributed by atoms with Crippen LogP contribution in [0.2, 0.25) is 5.02 Å². The lowest BCUT2D eigenvalue weighted by molar-refractivity contribution is -0.00187. The number of rotatable bonds is 2. The van der Waals surface area contributed by atoms with Gasteiger partial charge in [-0.3, -0.25) is 9.48 Å². The fourth-order valence-electron chi connectivity index (χ4n) is 4.81. The number of para-hydroxylation sites is 1. The molecule has 2 aliphatic rings. The molecule has 0 bridgehead atoms.